The fourth-order valence-corrected chi connectivity index (χ4v) is 2.41. The number of nitrogens with zero attached hydrogens (tertiary/aromatic N) is 1. The van der Waals surface area contributed by atoms with Crippen molar-refractivity contribution in [1.29, 1.82) is 0 Å². The summed E-state index contributed by atoms with van der Waals surface area (Å²) < 4.78 is 1.13. The second-order valence-corrected chi connectivity index (χ2v) is 4.33. The molecule has 0 spiro atoms. The first-order valence-electron chi connectivity index (χ1n) is 3.48. The predicted molar refractivity (Wildman–Crippen MR) is 59.2 cm³/mol. The highest BCUT2D eigenvalue weighted by atomic mass is 127. The number of fused-ring (bicyclic) bond motifs is 1. The maximum Gasteiger partial charge on any atom is 0.104 e. The molecule has 1 aliphatic heterocycles. The van der Waals surface area contributed by atoms with Gasteiger partial charge in [-0.2, -0.15) is 0 Å². The number of halogens is 2. The standard InChI is InChI=1S/C8H6ClIN2/c9-6-3-5(10)1-4-2-7(11)12-8(4)6/h1,3H,2H2,(H2,11,12). The van der Waals surface area contributed by atoms with Crippen LogP contribution in [0.1, 0.15) is 5.56 Å². The average molecular weight is 293 g/mol. The number of benzene rings is 1. The summed E-state index contributed by atoms with van der Waals surface area (Å²) in [6.45, 7) is 0. The minimum absolute atomic E-state index is 0.647. The van der Waals surface area contributed by atoms with Crippen molar-refractivity contribution < 1.29 is 0 Å². The first-order valence-corrected chi connectivity index (χ1v) is 4.93. The zero-order chi connectivity index (χ0) is 8.72. The normalized spacial score (nSPS) is 14.3. The van der Waals surface area contributed by atoms with Crippen LogP contribution in [0.5, 0.6) is 0 Å². The molecule has 62 valence electrons. The van der Waals surface area contributed by atoms with E-state index in [-0.39, 0.29) is 0 Å². The molecule has 2 rings (SSSR count). The Morgan fingerprint density at radius 2 is 2.25 bits per heavy atom. The zero-order valence-corrected chi connectivity index (χ0v) is 9.06. The fraction of sp³-hybridized carbons (Fsp3) is 0.125. The third-order valence-corrected chi connectivity index (χ3v) is 2.65. The monoisotopic (exact) mass is 292 g/mol. The first kappa shape index (κ1) is 8.31. The van der Waals surface area contributed by atoms with Crippen molar-refractivity contribution in [2.24, 2.45) is 10.7 Å². The Labute approximate surface area is 89.0 Å². The lowest BCUT2D eigenvalue weighted by Crippen LogP contribution is -2.09. The summed E-state index contributed by atoms with van der Waals surface area (Å²) in [5.41, 5.74) is 7.56. The lowest BCUT2D eigenvalue weighted by molar-refractivity contribution is 1.36. The maximum atomic E-state index is 5.97. The molecule has 1 aliphatic rings. The highest BCUT2D eigenvalue weighted by molar-refractivity contribution is 14.1. The Morgan fingerprint density at radius 3 is 3.00 bits per heavy atom. The van der Waals surface area contributed by atoms with E-state index in [1.54, 1.807) is 0 Å². The van der Waals surface area contributed by atoms with Gasteiger partial charge in [-0.25, -0.2) is 4.99 Å². The van der Waals surface area contributed by atoms with Gasteiger partial charge in [-0.3, -0.25) is 0 Å². The molecule has 1 heterocycles. The molecule has 2 N–H and O–H groups in total. The molecule has 0 aromatic heterocycles. The molecule has 0 radical (unpaired) electrons. The molecule has 0 unspecified atom stereocenters. The van der Waals surface area contributed by atoms with Gasteiger partial charge in [-0.15, -0.1) is 0 Å². The van der Waals surface area contributed by atoms with Crippen LogP contribution in [0.25, 0.3) is 0 Å². The largest absolute Gasteiger partial charge is 0.387 e. The molecule has 12 heavy (non-hydrogen) atoms. The van der Waals surface area contributed by atoms with Crippen molar-refractivity contribution in [3.05, 3.63) is 26.3 Å². The predicted octanol–water partition coefficient (Wildman–Crippen LogP) is 2.49. The van der Waals surface area contributed by atoms with Crippen LogP contribution in [0.15, 0.2) is 17.1 Å². The second-order valence-electron chi connectivity index (χ2n) is 2.68. The summed E-state index contributed by atoms with van der Waals surface area (Å²) in [7, 11) is 0. The Kier molecular flexibility index (Phi) is 2.00. The zero-order valence-electron chi connectivity index (χ0n) is 6.14. The quantitative estimate of drug-likeness (QED) is 0.733. The van der Waals surface area contributed by atoms with Crippen LogP contribution >= 0.6 is 34.2 Å². The lowest BCUT2D eigenvalue weighted by Gasteiger charge is -1.99. The summed E-state index contributed by atoms with van der Waals surface area (Å²) in [5.74, 6) is 0.647. The van der Waals surface area contributed by atoms with Crippen LogP contribution in [0.3, 0.4) is 0 Å². The Balaban J connectivity index is 2.62. The van der Waals surface area contributed by atoms with Gasteiger partial charge in [0.25, 0.3) is 0 Å². The maximum absolute atomic E-state index is 5.97. The lowest BCUT2D eigenvalue weighted by atomic mass is 10.1. The second kappa shape index (κ2) is 2.88. The minimum Gasteiger partial charge on any atom is -0.387 e. The van der Waals surface area contributed by atoms with Crippen molar-refractivity contribution in [3.8, 4) is 0 Å². The summed E-state index contributed by atoms with van der Waals surface area (Å²) in [6.07, 6.45) is 0.728. The number of nitrogens with two attached hydrogens (primary N) is 1. The van der Waals surface area contributed by atoms with Gasteiger partial charge in [0.1, 0.15) is 5.84 Å². The van der Waals surface area contributed by atoms with Crippen LogP contribution in [-0.2, 0) is 6.42 Å². The van der Waals surface area contributed by atoms with E-state index < -0.39 is 0 Å². The van der Waals surface area contributed by atoms with Gasteiger partial charge in [0.05, 0.1) is 10.7 Å². The third kappa shape index (κ3) is 1.31. The van der Waals surface area contributed by atoms with Crippen molar-refractivity contribution in [2.45, 2.75) is 6.42 Å². The molecule has 0 saturated heterocycles. The average Bonchev–Trinajstić information content (AvgIpc) is 2.29. The highest BCUT2D eigenvalue weighted by Crippen LogP contribution is 2.34. The number of hydrogen-bond donors (Lipinski definition) is 1. The summed E-state index contributed by atoms with van der Waals surface area (Å²) >= 11 is 8.20. The van der Waals surface area contributed by atoms with Crippen LogP contribution < -0.4 is 5.73 Å². The van der Waals surface area contributed by atoms with E-state index in [1.165, 1.54) is 0 Å². The molecule has 0 atom stereocenters. The summed E-state index contributed by atoms with van der Waals surface area (Å²) in [6, 6.07) is 3.95. The van der Waals surface area contributed by atoms with E-state index in [0.717, 1.165) is 21.2 Å². The molecule has 0 bridgehead atoms. The van der Waals surface area contributed by atoms with Crippen LogP contribution in [0.4, 0.5) is 5.69 Å². The smallest absolute Gasteiger partial charge is 0.104 e. The topological polar surface area (TPSA) is 38.4 Å². The number of hydrogen-bond acceptors (Lipinski definition) is 2. The highest BCUT2D eigenvalue weighted by Gasteiger charge is 2.15. The van der Waals surface area contributed by atoms with Crippen molar-refractivity contribution >= 4 is 45.7 Å². The molecular formula is C8H6ClIN2. The van der Waals surface area contributed by atoms with Crippen molar-refractivity contribution in [3.63, 3.8) is 0 Å². The van der Waals surface area contributed by atoms with Crippen molar-refractivity contribution in [1.82, 2.24) is 0 Å². The van der Waals surface area contributed by atoms with E-state index in [9.17, 15) is 0 Å². The molecule has 0 aliphatic carbocycles. The van der Waals surface area contributed by atoms with Gasteiger partial charge in [0.15, 0.2) is 0 Å². The Hall–Kier alpha value is -0.290. The van der Waals surface area contributed by atoms with E-state index in [1.807, 2.05) is 6.07 Å². The summed E-state index contributed by atoms with van der Waals surface area (Å²) in [5, 5.41) is 0.692. The molecule has 4 heteroatoms. The number of amidine groups is 1. The van der Waals surface area contributed by atoms with Gasteiger partial charge < -0.3 is 5.73 Å². The van der Waals surface area contributed by atoms with Gasteiger partial charge >= 0.3 is 0 Å². The molecular weight excluding hydrogens is 286 g/mol. The van der Waals surface area contributed by atoms with Crippen molar-refractivity contribution in [2.75, 3.05) is 0 Å². The van der Waals surface area contributed by atoms with E-state index in [4.69, 9.17) is 17.3 Å². The molecule has 1 aromatic carbocycles. The first-order chi connectivity index (χ1) is 5.66. The Morgan fingerprint density at radius 1 is 1.50 bits per heavy atom. The van der Waals surface area contributed by atoms with Crippen LogP contribution in [-0.4, -0.2) is 5.84 Å². The van der Waals surface area contributed by atoms with Gasteiger partial charge in [0.2, 0.25) is 0 Å². The molecule has 2 nitrogen and oxygen atoms in total. The van der Waals surface area contributed by atoms with Crippen LogP contribution in [0, 0.1) is 3.57 Å². The third-order valence-electron chi connectivity index (χ3n) is 1.73. The fourth-order valence-electron chi connectivity index (χ4n) is 1.26. The minimum atomic E-state index is 0.647. The van der Waals surface area contributed by atoms with E-state index in [2.05, 4.69) is 33.6 Å². The molecule has 0 amide bonds. The Bertz CT molecular complexity index is 374. The van der Waals surface area contributed by atoms with Gasteiger partial charge in [-0.05, 0) is 40.3 Å². The molecule has 0 fully saturated rings. The number of rotatable bonds is 0. The van der Waals surface area contributed by atoms with E-state index >= 15 is 0 Å². The molecule has 1 aromatic rings. The summed E-state index contributed by atoms with van der Waals surface area (Å²) in [4.78, 5) is 4.15. The SMILES string of the molecule is NC1=Nc2c(Cl)cc(I)cc2C1. The van der Waals surface area contributed by atoms with Gasteiger partial charge in [-0.1, -0.05) is 11.6 Å². The molecule has 0 saturated carbocycles. The number of aliphatic imine (C=N–C) groups is 1. The van der Waals surface area contributed by atoms with E-state index in [0.29, 0.717) is 10.9 Å². The van der Waals surface area contributed by atoms with Crippen LogP contribution in [0.2, 0.25) is 5.02 Å². The van der Waals surface area contributed by atoms with Gasteiger partial charge in [0, 0.05) is 9.99 Å².